The van der Waals surface area contributed by atoms with Crippen LogP contribution in [0.1, 0.15) is 65.5 Å². The highest BCUT2D eigenvalue weighted by Gasteiger charge is 2.54. The summed E-state index contributed by atoms with van der Waals surface area (Å²) in [5.74, 6) is 0.0465. The number of pyridine rings is 2. The Morgan fingerprint density at radius 2 is 2.05 bits per heavy atom. The first-order valence-electron chi connectivity index (χ1n) is 14.3. The number of hydrogen-bond acceptors (Lipinski definition) is 8. The number of aromatic amines is 1. The lowest BCUT2D eigenvalue weighted by Gasteiger charge is -2.37. The molecule has 0 radical (unpaired) electrons. The molecule has 1 aromatic carbocycles. The lowest BCUT2D eigenvalue weighted by molar-refractivity contribution is -0.137. The molecule has 0 aliphatic heterocycles. The highest BCUT2D eigenvalue weighted by Crippen LogP contribution is 2.52. The number of nitrogens with zero attached hydrogens (tertiary/aromatic N) is 5. The van der Waals surface area contributed by atoms with Crippen LogP contribution >= 0.6 is 0 Å². The van der Waals surface area contributed by atoms with Crippen molar-refractivity contribution in [1.82, 2.24) is 25.1 Å². The van der Waals surface area contributed by atoms with Crippen LogP contribution in [0.2, 0.25) is 0 Å². The van der Waals surface area contributed by atoms with E-state index in [2.05, 4.69) is 21.3 Å². The number of fused-ring (bicyclic) bond motifs is 2. The summed E-state index contributed by atoms with van der Waals surface area (Å²) < 4.78 is 0. The number of nitrogens with one attached hydrogen (secondary N) is 1. The normalized spacial score (nSPS) is 17.8. The van der Waals surface area contributed by atoms with Gasteiger partial charge in [-0.25, -0.2) is 5.10 Å². The molecular weight excluding hydrogens is 528 g/mol. The van der Waals surface area contributed by atoms with Crippen molar-refractivity contribution in [1.29, 1.82) is 0 Å². The lowest BCUT2D eigenvalue weighted by Crippen LogP contribution is -2.43. The number of carbonyl (C=O) groups is 1. The quantitative estimate of drug-likeness (QED) is 0.278. The van der Waals surface area contributed by atoms with Gasteiger partial charge in [-0.15, -0.1) is 0 Å². The maximum Gasteiger partial charge on any atom is 0.272 e. The van der Waals surface area contributed by atoms with E-state index in [1.807, 2.05) is 35.2 Å². The Bertz CT molecular complexity index is 1750. The topological polar surface area (TPSA) is 156 Å². The molecule has 5 N–H and O–H groups in total. The molecule has 2 aliphatic carbocycles. The summed E-state index contributed by atoms with van der Waals surface area (Å²) >= 11 is 0. The Balaban J connectivity index is 1.40. The second-order valence-electron chi connectivity index (χ2n) is 10.9. The van der Waals surface area contributed by atoms with Gasteiger partial charge in [0.2, 0.25) is 5.91 Å². The van der Waals surface area contributed by atoms with Gasteiger partial charge < -0.3 is 16.4 Å². The van der Waals surface area contributed by atoms with Crippen molar-refractivity contribution < 1.29 is 4.79 Å². The lowest BCUT2D eigenvalue weighted by atomic mass is 9.87. The Hall–Kier alpha value is -4.70. The largest absolute Gasteiger partial charge is 0.405 e. The number of allylic oxidation sites excluding steroid dienone is 1. The van der Waals surface area contributed by atoms with Crippen LogP contribution in [0.4, 0.5) is 0 Å². The Kier molecular flexibility index (Phi) is 7.38. The maximum atomic E-state index is 14.7. The highest BCUT2D eigenvalue weighted by atomic mass is 16.2. The Morgan fingerprint density at radius 3 is 2.76 bits per heavy atom. The SMILES string of the molecule is CN=C(/C=C\N)c1ccc(CN(C(=O)C2(c3ccc4c(=O)[nH]nc(CN)c4c3)CC2)C2CCCc3cccnc32)nc1. The number of aliphatic imine (C=N–C) groups is 1. The van der Waals surface area contributed by atoms with Gasteiger partial charge in [0.25, 0.3) is 5.56 Å². The summed E-state index contributed by atoms with van der Waals surface area (Å²) in [6.07, 6.45) is 10.9. The number of nitrogens with two attached hydrogens (primary N) is 2. The molecule has 0 bridgehead atoms. The summed E-state index contributed by atoms with van der Waals surface area (Å²) in [6, 6.07) is 13.4. The van der Waals surface area contributed by atoms with Crippen molar-refractivity contribution in [2.24, 2.45) is 16.5 Å². The van der Waals surface area contributed by atoms with Crippen molar-refractivity contribution in [3.05, 3.63) is 111 Å². The summed E-state index contributed by atoms with van der Waals surface area (Å²) in [5, 5.41) is 7.87. The fourth-order valence-electron chi connectivity index (χ4n) is 6.15. The predicted molar refractivity (Wildman–Crippen MR) is 162 cm³/mol. The molecule has 10 heteroatoms. The van der Waals surface area contributed by atoms with Gasteiger partial charge in [-0.1, -0.05) is 12.1 Å². The molecule has 10 nitrogen and oxygen atoms in total. The molecule has 214 valence electrons. The standard InChI is InChI=1S/C32H34N8O2/c1-35-26(11-14-33)21-7-9-23(37-18-21)19-40(28-6-2-4-20-5-3-15-36-29(20)28)31(42)32(12-13-32)22-8-10-24-25(16-22)27(17-34)38-39-30(24)41/h3,5,7-11,14-16,18,28H,2,4,6,12-13,17,19,33-34H2,1H3,(H,39,41)/b14-11-,35-26?. The van der Waals surface area contributed by atoms with Crippen LogP contribution in [0.25, 0.3) is 10.8 Å². The van der Waals surface area contributed by atoms with Crippen LogP contribution in [0.3, 0.4) is 0 Å². The molecule has 0 spiro atoms. The van der Waals surface area contributed by atoms with E-state index in [4.69, 9.17) is 21.4 Å². The monoisotopic (exact) mass is 562 g/mol. The van der Waals surface area contributed by atoms with E-state index < -0.39 is 5.41 Å². The van der Waals surface area contributed by atoms with Gasteiger partial charge in [-0.05, 0) is 85.8 Å². The molecular formula is C32H34N8O2. The molecule has 1 unspecified atom stereocenters. The first kappa shape index (κ1) is 27.5. The minimum absolute atomic E-state index is 0.0465. The van der Waals surface area contributed by atoms with Gasteiger partial charge in [-0.3, -0.25) is 24.5 Å². The van der Waals surface area contributed by atoms with Crippen LogP contribution in [-0.2, 0) is 29.7 Å². The van der Waals surface area contributed by atoms with Gasteiger partial charge in [-0.2, -0.15) is 5.10 Å². The van der Waals surface area contributed by atoms with E-state index in [1.54, 1.807) is 31.6 Å². The average molecular weight is 563 g/mol. The highest BCUT2D eigenvalue weighted by molar-refractivity contribution is 6.08. The van der Waals surface area contributed by atoms with Crippen molar-refractivity contribution >= 4 is 22.4 Å². The molecule has 1 saturated carbocycles. The minimum atomic E-state index is -0.692. The third-order valence-corrected chi connectivity index (χ3v) is 8.52. The van der Waals surface area contributed by atoms with E-state index in [9.17, 15) is 9.59 Å². The summed E-state index contributed by atoms with van der Waals surface area (Å²) in [5.41, 5.74) is 16.5. The Morgan fingerprint density at radius 1 is 1.19 bits per heavy atom. The predicted octanol–water partition coefficient (Wildman–Crippen LogP) is 3.20. The second-order valence-corrected chi connectivity index (χ2v) is 10.9. The van der Waals surface area contributed by atoms with Gasteiger partial charge in [0.05, 0.1) is 46.2 Å². The molecule has 1 atom stereocenters. The fraction of sp³-hybridized carbons (Fsp3) is 0.312. The minimum Gasteiger partial charge on any atom is -0.405 e. The van der Waals surface area contributed by atoms with E-state index in [-0.39, 0.29) is 24.1 Å². The first-order chi connectivity index (χ1) is 20.5. The zero-order chi connectivity index (χ0) is 29.3. The summed E-state index contributed by atoms with van der Waals surface area (Å²) in [6.45, 7) is 0.525. The van der Waals surface area contributed by atoms with Crippen LogP contribution in [-0.4, -0.2) is 43.7 Å². The molecule has 6 rings (SSSR count). The molecule has 3 heterocycles. The van der Waals surface area contributed by atoms with Crippen molar-refractivity contribution in [2.45, 2.75) is 56.7 Å². The van der Waals surface area contributed by atoms with Crippen LogP contribution in [0, 0.1) is 0 Å². The maximum absolute atomic E-state index is 14.7. The van der Waals surface area contributed by atoms with Crippen molar-refractivity contribution in [3.63, 3.8) is 0 Å². The number of aryl methyl sites for hydroxylation is 1. The molecule has 3 aromatic heterocycles. The third-order valence-electron chi connectivity index (χ3n) is 8.52. The number of rotatable bonds is 8. The van der Waals surface area contributed by atoms with Crippen LogP contribution < -0.4 is 17.0 Å². The molecule has 4 aromatic rings. The molecule has 2 aliphatic rings. The van der Waals surface area contributed by atoms with Crippen molar-refractivity contribution in [2.75, 3.05) is 7.05 Å². The molecule has 1 amide bonds. The smallest absolute Gasteiger partial charge is 0.272 e. The number of carbonyl (C=O) groups excluding carboxylic acids is 1. The number of amides is 1. The third kappa shape index (κ3) is 4.87. The van der Waals surface area contributed by atoms with Gasteiger partial charge in [0.1, 0.15) is 0 Å². The van der Waals surface area contributed by atoms with E-state index in [0.717, 1.165) is 60.3 Å². The van der Waals surface area contributed by atoms with E-state index >= 15 is 0 Å². The molecule has 42 heavy (non-hydrogen) atoms. The van der Waals surface area contributed by atoms with Crippen LogP contribution in [0.5, 0.6) is 0 Å². The average Bonchev–Trinajstić information content (AvgIpc) is 3.85. The number of benzene rings is 1. The Labute approximate surface area is 243 Å². The van der Waals surface area contributed by atoms with E-state index in [0.29, 0.717) is 23.0 Å². The number of hydrogen-bond donors (Lipinski definition) is 3. The van der Waals surface area contributed by atoms with E-state index in [1.165, 1.54) is 11.8 Å². The fourth-order valence-corrected chi connectivity index (χ4v) is 6.15. The zero-order valence-electron chi connectivity index (χ0n) is 23.6. The first-order valence-corrected chi connectivity index (χ1v) is 14.3. The second kappa shape index (κ2) is 11.3. The van der Waals surface area contributed by atoms with Gasteiger partial charge in [0, 0.05) is 36.9 Å². The number of H-pyrrole nitrogens is 1. The van der Waals surface area contributed by atoms with Crippen molar-refractivity contribution in [3.8, 4) is 0 Å². The molecule has 0 saturated heterocycles. The van der Waals surface area contributed by atoms with Gasteiger partial charge in [0.15, 0.2) is 0 Å². The van der Waals surface area contributed by atoms with Crippen LogP contribution in [0.15, 0.2) is 76.9 Å². The number of aromatic nitrogens is 4. The summed E-state index contributed by atoms with van der Waals surface area (Å²) in [4.78, 5) is 42.9. The summed E-state index contributed by atoms with van der Waals surface area (Å²) in [7, 11) is 1.71. The zero-order valence-corrected chi connectivity index (χ0v) is 23.6. The molecule has 1 fully saturated rings. The van der Waals surface area contributed by atoms with Gasteiger partial charge >= 0.3 is 0 Å².